The molecule has 60 valence electrons. The Kier molecular flexibility index (Phi) is 1.73. The van der Waals surface area contributed by atoms with Gasteiger partial charge in [0.1, 0.15) is 5.58 Å². The Labute approximate surface area is 77.3 Å². The molecule has 0 aliphatic heterocycles. The third-order valence-corrected chi connectivity index (χ3v) is 2.15. The van der Waals surface area contributed by atoms with Gasteiger partial charge >= 0.3 is 0 Å². The normalized spacial score (nSPS) is 10.4. The molecule has 0 saturated heterocycles. The van der Waals surface area contributed by atoms with Crippen molar-refractivity contribution in [1.29, 1.82) is 0 Å². The van der Waals surface area contributed by atoms with Crippen LogP contribution in [0.15, 0.2) is 33.4 Å². The van der Waals surface area contributed by atoms with E-state index < -0.39 is 0 Å². The van der Waals surface area contributed by atoms with Crippen LogP contribution in [0.2, 0.25) is 0 Å². The van der Waals surface area contributed by atoms with Gasteiger partial charge in [0, 0.05) is 15.4 Å². The maximum absolute atomic E-state index is 10.6. The first-order valence-electron chi connectivity index (χ1n) is 3.43. The van der Waals surface area contributed by atoms with Gasteiger partial charge < -0.3 is 4.42 Å². The van der Waals surface area contributed by atoms with Gasteiger partial charge in [-0.05, 0) is 18.2 Å². The third kappa shape index (κ3) is 1.06. The zero-order chi connectivity index (χ0) is 8.55. The minimum atomic E-state index is 0.646. The predicted octanol–water partition coefficient (Wildman–Crippen LogP) is 3.01. The highest BCUT2D eigenvalue weighted by molar-refractivity contribution is 9.10. The lowest BCUT2D eigenvalue weighted by Crippen LogP contribution is -1.79. The fourth-order valence-corrected chi connectivity index (χ4v) is 1.62. The van der Waals surface area contributed by atoms with Gasteiger partial charge in [0.25, 0.3) is 0 Å². The number of fused-ring (bicyclic) bond motifs is 1. The zero-order valence-corrected chi connectivity index (χ0v) is 7.67. The van der Waals surface area contributed by atoms with Crippen molar-refractivity contribution in [2.24, 2.45) is 0 Å². The smallest absolute Gasteiger partial charge is 0.150 e. The van der Waals surface area contributed by atoms with E-state index in [2.05, 4.69) is 15.9 Å². The number of halogens is 1. The van der Waals surface area contributed by atoms with Crippen LogP contribution in [0.25, 0.3) is 11.0 Å². The van der Waals surface area contributed by atoms with Gasteiger partial charge in [0.15, 0.2) is 6.29 Å². The first-order valence-corrected chi connectivity index (χ1v) is 4.22. The first kappa shape index (κ1) is 7.55. The molecule has 2 nitrogen and oxygen atoms in total. The molecular weight excluding hydrogens is 220 g/mol. The number of rotatable bonds is 1. The largest absolute Gasteiger partial charge is 0.464 e. The van der Waals surface area contributed by atoms with Crippen molar-refractivity contribution in [1.82, 2.24) is 0 Å². The van der Waals surface area contributed by atoms with Crippen LogP contribution >= 0.6 is 15.9 Å². The molecule has 0 bridgehead atoms. The molecule has 2 rings (SSSR count). The molecule has 3 heteroatoms. The Hall–Kier alpha value is -1.09. The fourth-order valence-electron chi connectivity index (χ4n) is 1.16. The Bertz CT molecular complexity index is 431. The highest BCUT2D eigenvalue weighted by atomic mass is 79.9. The Morgan fingerprint density at radius 2 is 2.25 bits per heavy atom. The second-order valence-corrected chi connectivity index (χ2v) is 3.36. The van der Waals surface area contributed by atoms with Gasteiger partial charge in [0.2, 0.25) is 0 Å². The van der Waals surface area contributed by atoms with Gasteiger partial charge in [-0.25, -0.2) is 0 Å². The lowest BCUT2D eigenvalue weighted by molar-refractivity contribution is 0.112. The van der Waals surface area contributed by atoms with Crippen molar-refractivity contribution in [3.05, 3.63) is 34.5 Å². The van der Waals surface area contributed by atoms with Crippen molar-refractivity contribution in [2.75, 3.05) is 0 Å². The van der Waals surface area contributed by atoms with Crippen LogP contribution in [-0.4, -0.2) is 6.29 Å². The Balaban J connectivity index is 2.88. The van der Waals surface area contributed by atoms with Gasteiger partial charge in [-0.2, -0.15) is 0 Å². The first-order chi connectivity index (χ1) is 5.81. The molecular formula is C9H5BrO2. The predicted molar refractivity (Wildman–Crippen MR) is 49.3 cm³/mol. The highest BCUT2D eigenvalue weighted by Crippen LogP contribution is 2.23. The van der Waals surface area contributed by atoms with E-state index in [1.165, 1.54) is 0 Å². The Morgan fingerprint density at radius 3 is 3.00 bits per heavy atom. The third-order valence-electron chi connectivity index (χ3n) is 1.70. The fraction of sp³-hybridized carbons (Fsp3) is 0. The second kappa shape index (κ2) is 2.75. The summed E-state index contributed by atoms with van der Waals surface area (Å²) in [5.41, 5.74) is 1.37. The van der Waals surface area contributed by atoms with Crippen LogP contribution in [0.3, 0.4) is 0 Å². The molecule has 12 heavy (non-hydrogen) atoms. The molecule has 1 aromatic heterocycles. The molecule has 0 aliphatic carbocycles. The summed E-state index contributed by atoms with van der Waals surface area (Å²) < 4.78 is 6.01. The number of carbonyl (C=O) groups excluding carboxylic acids is 1. The van der Waals surface area contributed by atoms with Crippen molar-refractivity contribution in [3.63, 3.8) is 0 Å². The maximum atomic E-state index is 10.6. The number of hydrogen-bond donors (Lipinski definition) is 0. The van der Waals surface area contributed by atoms with E-state index in [0.29, 0.717) is 5.56 Å². The van der Waals surface area contributed by atoms with Crippen LogP contribution in [0.4, 0.5) is 0 Å². The van der Waals surface area contributed by atoms with E-state index in [1.807, 2.05) is 6.07 Å². The van der Waals surface area contributed by atoms with E-state index in [-0.39, 0.29) is 0 Å². The molecule has 0 atom stereocenters. The van der Waals surface area contributed by atoms with E-state index in [9.17, 15) is 4.79 Å². The minimum absolute atomic E-state index is 0.646. The molecule has 0 aliphatic rings. The summed E-state index contributed by atoms with van der Waals surface area (Å²) in [7, 11) is 0. The summed E-state index contributed by atoms with van der Waals surface area (Å²) in [5, 5.41) is 0.855. The quantitative estimate of drug-likeness (QED) is 0.698. The Morgan fingerprint density at radius 1 is 1.42 bits per heavy atom. The average molecular weight is 225 g/mol. The van der Waals surface area contributed by atoms with Gasteiger partial charge in [0.05, 0.1) is 6.26 Å². The molecule has 0 N–H and O–H groups in total. The van der Waals surface area contributed by atoms with Crippen molar-refractivity contribution >= 4 is 33.2 Å². The molecule has 1 heterocycles. The number of hydrogen-bond acceptors (Lipinski definition) is 2. The van der Waals surface area contributed by atoms with E-state index in [1.54, 1.807) is 18.4 Å². The topological polar surface area (TPSA) is 30.2 Å². The average Bonchev–Trinajstić information content (AvgIpc) is 2.50. The zero-order valence-electron chi connectivity index (χ0n) is 6.08. The number of benzene rings is 1. The van der Waals surface area contributed by atoms with Crippen molar-refractivity contribution in [3.8, 4) is 0 Å². The van der Waals surface area contributed by atoms with Gasteiger partial charge in [-0.1, -0.05) is 15.9 Å². The summed E-state index contributed by atoms with van der Waals surface area (Å²) in [6.45, 7) is 0. The number of furan rings is 1. The number of aldehydes is 1. The summed E-state index contributed by atoms with van der Waals surface area (Å²) in [4.78, 5) is 10.6. The van der Waals surface area contributed by atoms with Crippen LogP contribution in [-0.2, 0) is 0 Å². The molecule has 2 aromatic rings. The summed E-state index contributed by atoms with van der Waals surface area (Å²) in [6, 6.07) is 5.39. The van der Waals surface area contributed by atoms with E-state index in [4.69, 9.17) is 4.42 Å². The monoisotopic (exact) mass is 224 g/mol. The summed E-state index contributed by atoms with van der Waals surface area (Å²) >= 11 is 3.29. The lowest BCUT2D eigenvalue weighted by atomic mass is 10.1. The van der Waals surface area contributed by atoms with E-state index in [0.717, 1.165) is 21.7 Å². The summed E-state index contributed by atoms with van der Waals surface area (Å²) in [5.74, 6) is 0. The van der Waals surface area contributed by atoms with Crippen LogP contribution < -0.4 is 0 Å². The molecule has 0 spiro atoms. The molecule has 0 radical (unpaired) electrons. The number of carbonyl (C=O) groups is 1. The lowest BCUT2D eigenvalue weighted by Gasteiger charge is -1.94. The van der Waals surface area contributed by atoms with Crippen LogP contribution in [0.5, 0.6) is 0 Å². The molecule has 0 saturated carbocycles. The van der Waals surface area contributed by atoms with Gasteiger partial charge in [-0.3, -0.25) is 4.79 Å². The highest BCUT2D eigenvalue weighted by Gasteiger charge is 2.03. The van der Waals surface area contributed by atoms with Crippen LogP contribution in [0.1, 0.15) is 10.4 Å². The SMILES string of the molecule is O=Cc1cc(Br)cc2occc12. The second-order valence-electron chi connectivity index (χ2n) is 2.45. The van der Waals surface area contributed by atoms with Crippen LogP contribution in [0, 0.1) is 0 Å². The van der Waals surface area contributed by atoms with Gasteiger partial charge in [-0.15, -0.1) is 0 Å². The maximum Gasteiger partial charge on any atom is 0.150 e. The summed E-state index contributed by atoms with van der Waals surface area (Å²) in [6.07, 6.45) is 2.40. The molecule has 0 fully saturated rings. The van der Waals surface area contributed by atoms with Crippen molar-refractivity contribution in [2.45, 2.75) is 0 Å². The molecule has 1 aromatic carbocycles. The minimum Gasteiger partial charge on any atom is -0.464 e. The molecule has 0 unspecified atom stereocenters. The van der Waals surface area contributed by atoms with E-state index >= 15 is 0 Å². The molecule has 0 amide bonds. The van der Waals surface area contributed by atoms with Crippen molar-refractivity contribution < 1.29 is 9.21 Å². The standard InChI is InChI=1S/C9H5BrO2/c10-7-3-6(5-11)8-1-2-12-9(8)4-7/h1-5H.